The van der Waals surface area contributed by atoms with Crippen molar-refractivity contribution >= 4 is 49.1 Å². The third-order valence-corrected chi connectivity index (χ3v) is 5.10. The highest BCUT2D eigenvalue weighted by Crippen LogP contribution is 2.31. The van der Waals surface area contributed by atoms with Gasteiger partial charge in [0.15, 0.2) is 17.5 Å². The van der Waals surface area contributed by atoms with Gasteiger partial charge in [0.25, 0.3) is 5.91 Å². The summed E-state index contributed by atoms with van der Waals surface area (Å²) in [5, 5.41) is 5.51. The largest absolute Gasteiger partial charge is 0.484 e. The van der Waals surface area contributed by atoms with E-state index in [0.29, 0.717) is 16.4 Å². The molecule has 1 heterocycles. The lowest BCUT2D eigenvalue weighted by atomic mass is 10.1. The number of fused-ring (bicyclic) bond motifs is 3. The summed E-state index contributed by atoms with van der Waals surface area (Å²) >= 11 is 1.43. The standard InChI is InChI=1S/C21H16N2O3S/c1-13(24)14-6-9-16(10-7-14)26-12-19(25)22-21-23-20-17-5-3-2-4-15(17)8-11-18(20)27-21/h2-11H,12H2,1H3,(H,22,23,25). The molecule has 6 heteroatoms. The van der Waals surface area contributed by atoms with Gasteiger partial charge >= 0.3 is 0 Å². The number of Topliss-reactive ketones (excluding diaryl/α,β-unsaturated/α-hetero) is 1. The van der Waals surface area contributed by atoms with Crippen molar-refractivity contribution in [2.45, 2.75) is 6.92 Å². The molecule has 0 atom stereocenters. The van der Waals surface area contributed by atoms with Gasteiger partial charge in [0.05, 0.1) is 10.2 Å². The van der Waals surface area contributed by atoms with E-state index in [1.165, 1.54) is 18.3 Å². The monoisotopic (exact) mass is 376 g/mol. The van der Waals surface area contributed by atoms with Crippen LogP contribution in [0.25, 0.3) is 21.0 Å². The number of aromatic nitrogens is 1. The number of benzene rings is 3. The highest BCUT2D eigenvalue weighted by Gasteiger charge is 2.11. The first-order chi connectivity index (χ1) is 13.1. The van der Waals surface area contributed by atoms with E-state index in [9.17, 15) is 9.59 Å². The van der Waals surface area contributed by atoms with Gasteiger partial charge in [-0.2, -0.15) is 0 Å². The third-order valence-electron chi connectivity index (χ3n) is 4.16. The molecular weight excluding hydrogens is 360 g/mol. The fourth-order valence-corrected chi connectivity index (χ4v) is 3.70. The molecule has 0 fully saturated rings. The Morgan fingerprint density at radius 3 is 2.59 bits per heavy atom. The SMILES string of the molecule is CC(=O)c1ccc(OCC(=O)Nc2nc3c(ccc4ccccc43)s2)cc1. The zero-order valence-corrected chi connectivity index (χ0v) is 15.4. The molecule has 4 rings (SSSR count). The predicted molar refractivity (Wildman–Crippen MR) is 108 cm³/mol. The van der Waals surface area contributed by atoms with E-state index in [2.05, 4.69) is 16.4 Å². The third kappa shape index (κ3) is 3.66. The molecule has 0 radical (unpaired) electrons. The van der Waals surface area contributed by atoms with E-state index < -0.39 is 0 Å². The summed E-state index contributed by atoms with van der Waals surface area (Å²) in [4.78, 5) is 28.0. The lowest BCUT2D eigenvalue weighted by Gasteiger charge is -2.06. The van der Waals surface area contributed by atoms with Crippen molar-refractivity contribution in [3.63, 3.8) is 0 Å². The van der Waals surface area contributed by atoms with E-state index in [0.717, 1.165) is 21.0 Å². The number of hydrogen-bond donors (Lipinski definition) is 1. The molecule has 0 unspecified atom stereocenters. The molecule has 0 saturated carbocycles. The summed E-state index contributed by atoms with van der Waals surface area (Å²) in [5.74, 6) is 0.238. The summed E-state index contributed by atoms with van der Waals surface area (Å²) in [6.07, 6.45) is 0. The van der Waals surface area contributed by atoms with Gasteiger partial charge in [-0.3, -0.25) is 14.9 Å². The van der Waals surface area contributed by atoms with Gasteiger partial charge in [-0.15, -0.1) is 0 Å². The first-order valence-electron chi connectivity index (χ1n) is 8.42. The minimum atomic E-state index is -0.283. The molecule has 1 N–H and O–H groups in total. The van der Waals surface area contributed by atoms with E-state index >= 15 is 0 Å². The fraction of sp³-hybridized carbons (Fsp3) is 0.0952. The number of rotatable bonds is 5. The Labute approximate surface area is 159 Å². The van der Waals surface area contributed by atoms with Crippen LogP contribution in [0.1, 0.15) is 17.3 Å². The van der Waals surface area contributed by atoms with Crippen LogP contribution in [0.15, 0.2) is 60.7 Å². The van der Waals surface area contributed by atoms with E-state index in [-0.39, 0.29) is 18.3 Å². The van der Waals surface area contributed by atoms with Gasteiger partial charge in [-0.25, -0.2) is 4.98 Å². The van der Waals surface area contributed by atoms with Gasteiger partial charge in [0, 0.05) is 10.9 Å². The Balaban J connectivity index is 1.45. The van der Waals surface area contributed by atoms with Crippen molar-refractivity contribution in [2.24, 2.45) is 0 Å². The van der Waals surface area contributed by atoms with Gasteiger partial charge in [0.2, 0.25) is 0 Å². The van der Waals surface area contributed by atoms with Crippen LogP contribution >= 0.6 is 11.3 Å². The number of ketones is 1. The van der Waals surface area contributed by atoms with Crippen LogP contribution in [0.5, 0.6) is 5.75 Å². The summed E-state index contributed by atoms with van der Waals surface area (Å²) in [6, 6.07) is 18.8. The molecule has 5 nitrogen and oxygen atoms in total. The highest BCUT2D eigenvalue weighted by atomic mass is 32.1. The summed E-state index contributed by atoms with van der Waals surface area (Å²) < 4.78 is 6.49. The maximum absolute atomic E-state index is 12.2. The maximum atomic E-state index is 12.2. The number of nitrogens with zero attached hydrogens (tertiary/aromatic N) is 1. The van der Waals surface area contributed by atoms with Crippen LogP contribution in [-0.4, -0.2) is 23.3 Å². The summed E-state index contributed by atoms with van der Waals surface area (Å²) in [5.41, 5.74) is 1.49. The molecular formula is C21H16N2O3S. The van der Waals surface area contributed by atoms with Gasteiger partial charge in [-0.05, 0) is 42.6 Å². The van der Waals surface area contributed by atoms with E-state index in [4.69, 9.17) is 4.74 Å². The molecule has 0 aliphatic heterocycles. The molecule has 134 valence electrons. The highest BCUT2D eigenvalue weighted by molar-refractivity contribution is 7.22. The first kappa shape index (κ1) is 17.2. The Kier molecular flexibility index (Phi) is 4.56. The fourth-order valence-electron chi connectivity index (χ4n) is 2.80. The number of hydrogen-bond acceptors (Lipinski definition) is 5. The van der Waals surface area contributed by atoms with Crippen LogP contribution in [0, 0.1) is 0 Å². The van der Waals surface area contributed by atoms with E-state index in [1.807, 2.05) is 30.3 Å². The number of thiazole rings is 1. The van der Waals surface area contributed by atoms with Crippen molar-refractivity contribution in [1.29, 1.82) is 0 Å². The van der Waals surface area contributed by atoms with Crippen LogP contribution < -0.4 is 10.1 Å². The molecule has 0 spiro atoms. The second-order valence-corrected chi connectivity index (χ2v) is 7.10. The average molecular weight is 376 g/mol. The molecule has 27 heavy (non-hydrogen) atoms. The first-order valence-corrected chi connectivity index (χ1v) is 9.24. The zero-order chi connectivity index (χ0) is 18.8. The van der Waals surface area contributed by atoms with Gasteiger partial charge < -0.3 is 4.74 Å². The number of carbonyl (C=O) groups is 2. The average Bonchev–Trinajstić information content (AvgIpc) is 3.09. The molecule has 4 aromatic rings. The van der Waals surface area contributed by atoms with Crippen molar-refractivity contribution in [1.82, 2.24) is 4.98 Å². The molecule has 0 aliphatic carbocycles. The molecule has 0 bridgehead atoms. The summed E-state index contributed by atoms with van der Waals surface area (Å²) in [7, 11) is 0. The zero-order valence-electron chi connectivity index (χ0n) is 14.6. The quantitative estimate of drug-likeness (QED) is 0.514. The molecule has 0 saturated heterocycles. The molecule has 1 amide bonds. The smallest absolute Gasteiger partial charge is 0.264 e. The van der Waals surface area contributed by atoms with Gasteiger partial charge in [-0.1, -0.05) is 41.7 Å². The van der Waals surface area contributed by atoms with Crippen LogP contribution in [0.4, 0.5) is 5.13 Å². The van der Waals surface area contributed by atoms with Crippen molar-refractivity contribution in [3.05, 3.63) is 66.2 Å². The number of amides is 1. The van der Waals surface area contributed by atoms with Crippen LogP contribution in [0.2, 0.25) is 0 Å². The molecule has 1 aromatic heterocycles. The number of ether oxygens (including phenoxy) is 1. The minimum absolute atomic E-state index is 0.0114. The Morgan fingerprint density at radius 1 is 1.04 bits per heavy atom. The number of carbonyl (C=O) groups excluding carboxylic acids is 2. The van der Waals surface area contributed by atoms with Crippen molar-refractivity contribution in [3.8, 4) is 5.75 Å². The van der Waals surface area contributed by atoms with Crippen LogP contribution in [0.3, 0.4) is 0 Å². The summed E-state index contributed by atoms with van der Waals surface area (Å²) in [6.45, 7) is 1.38. The maximum Gasteiger partial charge on any atom is 0.264 e. The molecule has 0 aliphatic rings. The normalized spacial score (nSPS) is 10.9. The topological polar surface area (TPSA) is 68.3 Å². The lowest BCUT2D eigenvalue weighted by Crippen LogP contribution is -2.20. The van der Waals surface area contributed by atoms with Crippen molar-refractivity contribution in [2.75, 3.05) is 11.9 Å². The second-order valence-electron chi connectivity index (χ2n) is 6.07. The van der Waals surface area contributed by atoms with Crippen molar-refractivity contribution < 1.29 is 14.3 Å². The van der Waals surface area contributed by atoms with Crippen LogP contribution in [-0.2, 0) is 4.79 Å². The Bertz CT molecular complexity index is 1150. The number of anilines is 1. The molecule has 3 aromatic carbocycles. The van der Waals surface area contributed by atoms with Gasteiger partial charge in [0.1, 0.15) is 5.75 Å². The van der Waals surface area contributed by atoms with E-state index in [1.54, 1.807) is 24.3 Å². The Morgan fingerprint density at radius 2 is 1.81 bits per heavy atom. The second kappa shape index (κ2) is 7.17. The number of nitrogens with one attached hydrogen (secondary N) is 1. The lowest BCUT2D eigenvalue weighted by molar-refractivity contribution is -0.118. The predicted octanol–water partition coefficient (Wildman–Crippen LogP) is 4.67. The Hall–Kier alpha value is -3.25. The minimum Gasteiger partial charge on any atom is -0.484 e.